The van der Waals surface area contributed by atoms with Crippen LogP contribution in [0.4, 0.5) is 30.2 Å². The third-order valence-corrected chi connectivity index (χ3v) is 3.75. The molecule has 0 aliphatic heterocycles. The van der Waals surface area contributed by atoms with E-state index in [1.165, 1.54) is 12.1 Å². The molecule has 0 saturated heterocycles. The largest absolute Gasteiger partial charge is 0.432 e. The van der Waals surface area contributed by atoms with Crippen molar-refractivity contribution in [2.75, 3.05) is 23.0 Å². The highest BCUT2D eigenvalue weighted by molar-refractivity contribution is 6.18. The Morgan fingerprint density at radius 2 is 1.70 bits per heavy atom. The van der Waals surface area contributed by atoms with E-state index in [0.29, 0.717) is 11.9 Å². The Morgan fingerprint density at radius 3 is 2.26 bits per heavy atom. The number of carbonyl (C=O) groups excluding carboxylic acids is 1. The SMILES string of the molecule is CNc1cc(NC(=O)/C(C=N)=C(/Nc2ccccc2)C(F)(F)F)ccc1C. The van der Waals surface area contributed by atoms with Gasteiger partial charge in [-0.1, -0.05) is 24.3 Å². The Labute approximate surface area is 154 Å². The molecule has 4 N–H and O–H groups in total. The molecule has 0 aromatic heterocycles. The summed E-state index contributed by atoms with van der Waals surface area (Å²) >= 11 is 0. The van der Waals surface area contributed by atoms with Crippen molar-refractivity contribution in [3.05, 3.63) is 65.4 Å². The lowest BCUT2D eigenvalue weighted by molar-refractivity contribution is -0.114. The van der Waals surface area contributed by atoms with E-state index in [4.69, 9.17) is 5.41 Å². The Hall–Kier alpha value is -3.29. The van der Waals surface area contributed by atoms with Crippen LogP contribution >= 0.6 is 0 Å². The zero-order valence-electron chi connectivity index (χ0n) is 14.7. The molecule has 0 atom stereocenters. The molecule has 0 unspecified atom stereocenters. The van der Waals surface area contributed by atoms with Gasteiger partial charge in [0.15, 0.2) is 0 Å². The fourth-order valence-electron chi connectivity index (χ4n) is 2.38. The third-order valence-electron chi connectivity index (χ3n) is 3.75. The number of para-hydroxylation sites is 1. The molecule has 0 aliphatic carbocycles. The molecule has 2 aromatic carbocycles. The number of anilines is 3. The third kappa shape index (κ3) is 5.10. The van der Waals surface area contributed by atoms with Crippen LogP contribution in [0.3, 0.4) is 0 Å². The van der Waals surface area contributed by atoms with Gasteiger partial charge in [-0.3, -0.25) is 4.79 Å². The van der Waals surface area contributed by atoms with Crippen LogP contribution in [0.5, 0.6) is 0 Å². The van der Waals surface area contributed by atoms with Gasteiger partial charge in [-0.2, -0.15) is 13.2 Å². The molecule has 27 heavy (non-hydrogen) atoms. The maximum absolute atomic E-state index is 13.5. The Morgan fingerprint density at radius 1 is 1.04 bits per heavy atom. The van der Waals surface area contributed by atoms with Gasteiger partial charge in [0.25, 0.3) is 5.91 Å². The normalized spacial score (nSPS) is 12.0. The minimum absolute atomic E-state index is 0.157. The quantitative estimate of drug-likeness (QED) is 0.441. The summed E-state index contributed by atoms with van der Waals surface area (Å²) in [6.45, 7) is 1.85. The van der Waals surface area contributed by atoms with Crippen LogP contribution in [0, 0.1) is 12.3 Å². The summed E-state index contributed by atoms with van der Waals surface area (Å²) in [6, 6.07) is 12.6. The molecule has 2 aromatic rings. The number of allylic oxidation sites excluding steroid dienone is 1. The van der Waals surface area contributed by atoms with Crippen LogP contribution in [0.2, 0.25) is 0 Å². The Balaban J connectivity index is 2.39. The zero-order chi connectivity index (χ0) is 20.0. The van der Waals surface area contributed by atoms with E-state index in [1.54, 1.807) is 43.4 Å². The fourth-order valence-corrected chi connectivity index (χ4v) is 2.38. The maximum atomic E-state index is 13.5. The van der Waals surface area contributed by atoms with Gasteiger partial charge in [-0.25, -0.2) is 0 Å². The first-order valence-electron chi connectivity index (χ1n) is 8.00. The molecule has 0 fully saturated rings. The molecular formula is C19H19F3N4O. The van der Waals surface area contributed by atoms with Gasteiger partial charge in [0.1, 0.15) is 5.70 Å². The summed E-state index contributed by atoms with van der Waals surface area (Å²) < 4.78 is 40.5. The minimum Gasteiger partial charge on any atom is -0.388 e. The number of aryl methyl sites for hydroxylation is 1. The van der Waals surface area contributed by atoms with Crippen LogP contribution in [-0.4, -0.2) is 25.3 Å². The maximum Gasteiger partial charge on any atom is 0.432 e. The highest BCUT2D eigenvalue weighted by Crippen LogP contribution is 2.30. The number of carbonyl (C=O) groups is 1. The lowest BCUT2D eigenvalue weighted by atomic mass is 10.1. The number of halogens is 3. The topological polar surface area (TPSA) is 77.0 Å². The van der Waals surface area contributed by atoms with E-state index in [9.17, 15) is 18.0 Å². The average molecular weight is 376 g/mol. The second-order valence-electron chi connectivity index (χ2n) is 5.66. The number of rotatable bonds is 6. The number of nitrogens with one attached hydrogen (secondary N) is 4. The van der Waals surface area contributed by atoms with Gasteiger partial charge in [0.05, 0.1) is 5.57 Å². The predicted octanol–water partition coefficient (Wildman–Crippen LogP) is 4.55. The first kappa shape index (κ1) is 20.0. The van der Waals surface area contributed by atoms with E-state index >= 15 is 0 Å². The van der Waals surface area contributed by atoms with Gasteiger partial charge in [-0.05, 0) is 36.8 Å². The van der Waals surface area contributed by atoms with Crippen LogP contribution in [0.15, 0.2) is 59.8 Å². The van der Waals surface area contributed by atoms with E-state index in [-0.39, 0.29) is 5.69 Å². The highest BCUT2D eigenvalue weighted by Gasteiger charge is 2.38. The van der Waals surface area contributed by atoms with E-state index in [2.05, 4.69) is 16.0 Å². The fraction of sp³-hybridized carbons (Fsp3) is 0.158. The van der Waals surface area contributed by atoms with Crippen molar-refractivity contribution in [1.82, 2.24) is 0 Å². The monoisotopic (exact) mass is 376 g/mol. The van der Waals surface area contributed by atoms with E-state index < -0.39 is 23.4 Å². The standard InChI is InChI=1S/C19H19F3N4O/c1-12-8-9-14(10-16(12)24-2)26-18(27)15(11-23)17(19(20,21)22)25-13-6-4-3-5-7-13/h3-11,23-25H,1-2H3,(H,26,27)/b17-15+,23-11?. The number of hydrogen-bond donors (Lipinski definition) is 4. The van der Waals surface area contributed by atoms with Crippen molar-refractivity contribution in [2.45, 2.75) is 13.1 Å². The first-order valence-corrected chi connectivity index (χ1v) is 8.00. The number of benzene rings is 2. The summed E-state index contributed by atoms with van der Waals surface area (Å²) in [4.78, 5) is 12.4. The molecule has 0 spiro atoms. The van der Waals surface area contributed by atoms with Crippen molar-refractivity contribution in [2.24, 2.45) is 0 Å². The average Bonchev–Trinajstić information content (AvgIpc) is 2.63. The molecule has 2 rings (SSSR count). The summed E-state index contributed by atoms with van der Waals surface area (Å²) in [7, 11) is 1.70. The lowest BCUT2D eigenvalue weighted by Crippen LogP contribution is -2.27. The summed E-state index contributed by atoms with van der Waals surface area (Å²) in [5.41, 5.74) is -0.00733. The van der Waals surface area contributed by atoms with E-state index in [1.807, 2.05) is 6.92 Å². The minimum atomic E-state index is -4.84. The molecule has 0 bridgehead atoms. The summed E-state index contributed by atoms with van der Waals surface area (Å²) in [5, 5.41) is 14.9. The van der Waals surface area contributed by atoms with Crippen LogP contribution in [0.1, 0.15) is 5.56 Å². The van der Waals surface area contributed by atoms with Crippen molar-refractivity contribution >= 4 is 29.2 Å². The van der Waals surface area contributed by atoms with Crippen LogP contribution in [-0.2, 0) is 4.79 Å². The van der Waals surface area contributed by atoms with Crippen molar-refractivity contribution in [1.29, 1.82) is 5.41 Å². The van der Waals surface area contributed by atoms with Crippen LogP contribution in [0.25, 0.3) is 0 Å². The van der Waals surface area contributed by atoms with Crippen LogP contribution < -0.4 is 16.0 Å². The van der Waals surface area contributed by atoms with Gasteiger partial charge < -0.3 is 21.4 Å². The Kier molecular flexibility index (Phi) is 6.23. The number of hydrogen-bond acceptors (Lipinski definition) is 4. The molecule has 8 heteroatoms. The summed E-state index contributed by atoms with van der Waals surface area (Å²) in [5.74, 6) is -1.04. The van der Waals surface area contributed by atoms with Gasteiger partial charge in [-0.15, -0.1) is 0 Å². The lowest BCUT2D eigenvalue weighted by Gasteiger charge is -2.18. The highest BCUT2D eigenvalue weighted by atomic mass is 19.4. The molecule has 5 nitrogen and oxygen atoms in total. The zero-order valence-corrected chi connectivity index (χ0v) is 14.7. The smallest absolute Gasteiger partial charge is 0.388 e. The first-order chi connectivity index (χ1) is 12.8. The second kappa shape index (κ2) is 8.39. The van der Waals surface area contributed by atoms with Gasteiger partial charge in [0.2, 0.25) is 0 Å². The number of alkyl halides is 3. The van der Waals surface area contributed by atoms with Crippen molar-refractivity contribution in [3.8, 4) is 0 Å². The molecule has 0 saturated carbocycles. The Bertz CT molecular complexity index is 861. The predicted molar refractivity (Wildman–Crippen MR) is 101 cm³/mol. The molecule has 142 valence electrons. The van der Waals surface area contributed by atoms with E-state index in [0.717, 1.165) is 11.3 Å². The summed E-state index contributed by atoms with van der Waals surface area (Å²) in [6.07, 6.45) is -4.45. The molecule has 1 amide bonds. The molecular weight excluding hydrogens is 357 g/mol. The second-order valence-corrected chi connectivity index (χ2v) is 5.66. The van der Waals surface area contributed by atoms with Gasteiger partial charge in [0, 0.05) is 30.3 Å². The molecule has 0 radical (unpaired) electrons. The molecule has 0 heterocycles. The van der Waals surface area contributed by atoms with Crippen molar-refractivity contribution < 1.29 is 18.0 Å². The van der Waals surface area contributed by atoms with Crippen molar-refractivity contribution in [3.63, 3.8) is 0 Å². The van der Waals surface area contributed by atoms with Gasteiger partial charge >= 0.3 is 6.18 Å². The molecule has 0 aliphatic rings. The number of amides is 1.